The maximum absolute atomic E-state index is 3.59. The molecule has 2 heteroatoms. The van der Waals surface area contributed by atoms with Crippen molar-refractivity contribution in [1.82, 2.24) is 10.2 Å². The minimum Gasteiger partial charge on any atom is -0.314 e. The third-order valence-corrected chi connectivity index (χ3v) is 4.96. The van der Waals surface area contributed by atoms with Crippen LogP contribution in [0.5, 0.6) is 0 Å². The smallest absolute Gasteiger partial charge is 0.0334 e. The van der Waals surface area contributed by atoms with E-state index in [1.54, 1.807) is 0 Å². The Kier molecular flexibility index (Phi) is 3.90. The highest BCUT2D eigenvalue weighted by Gasteiger charge is 2.46. The van der Waals surface area contributed by atoms with E-state index in [2.05, 4.69) is 47.5 Å². The summed E-state index contributed by atoms with van der Waals surface area (Å²) in [6.07, 6.45) is 5.37. The fourth-order valence-corrected chi connectivity index (χ4v) is 3.52. The lowest BCUT2D eigenvalue weighted by atomic mass is 9.91. The molecule has 1 unspecified atom stereocenters. The Morgan fingerprint density at radius 1 is 1.26 bits per heavy atom. The van der Waals surface area contributed by atoms with Gasteiger partial charge in [-0.15, -0.1) is 0 Å². The van der Waals surface area contributed by atoms with E-state index in [0.29, 0.717) is 5.54 Å². The van der Waals surface area contributed by atoms with Crippen LogP contribution in [0, 0.1) is 5.92 Å². The molecule has 104 valence electrons. The molecule has 1 saturated heterocycles. The van der Waals surface area contributed by atoms with E-state index in [9.17, 15) is 0 Å². The Labute approximate surface area is 117 Å². The summed E-state index contributed by atoms with van der Waals surface area (Å²) in [5.74, 6) is 0.942. The maximum atomic E-state index is 3.59. The third-order valence-electron chi connectivity index (χ3n) is 4.96. The quantitative estimate of drug-likeness (QED) is 0.873. The van der Waals surface area contributed by atoms with Gasteiger partial charge in [0.05, 0.1) is 0 Å². The summed E-state index contributed by atoms with van der Waals surface area (Å²) in [6, 6.07) is 10.9. The van der Waals surface area contributed by atoms with E-state index >= 15 is 0 Å². The van der Waals surface area contributed by atoms with Gasteiger partial charge in [-0.2, -0.15) is 0 Å². The summed E-state index contributed by atoms with van der Waals surface area (Å²) in [5.41, 5.74) is 1.90. The lowest BCUT2D eigenvalue weighted by Gasteiger charge is -2.46. The zero-order valence-electron chi connectivity index (χ0n) is 12.1. The van der Waals surface area contributed by atoms with Gasteiger partial charge in [-0.05, 0) is 50.6 Å². The molecule has 1 atom stereocenters. The lowest BCUT2D eigenvalue weighted by molar-refractivity contribution is 0.0550. The molecule has 19 heavy (non-hydrogen) atoms. The second-order valence-corrected chi connectivity index (χ2v) is 6.38. The van der Waals surface area contributed by atoms with Gasteiger partial charge in [-0.1, -0.05) is 30.3 Å². The summed E-state index contributed by atoms with van der Waals surface area (Å²) in [5, 5.41) is 3.59. The van der Waals surface area contributed by atoms with Crippen molar-refractivity contribution in [2.75, 3.05) is 26.2 Å². The molecule has 2 fully saturated rings. The average molecular weight is 258 g/mol. The Balaban J connectivity index is 1.53. The van der Waals surface area contributed by atoms with Crippen molar-refractivity contribution in [1.29, 1.82) is 0 Å². The van der Waals surface area contributed by atoms with E-state index in [1.165, 1.54) is 50.9 Å². The van der Waals surface area contributed by atoms with Crippen molar-refractivity contribution in [2.45, 2.75) is 38.1 Å². The second kappa shape index (κ2) is 5.64. The molecule has 0 aromatic heterocycles. The molecular weight excluding hydrogens is 232 g/mol. The maximum Gasteiger partial charge on any atom is 0.0334 e. The van der Waals surface area contributed by atoms with Gasteiger partial charge in [0.1, 0.15) is 0 Å². The minimum atomic E-state index is 0.426. The van der Waals surface area contributed by atoms with E-state index < -0.39 is 0 Å². The van der Waals surface area contributed by atoms with Crippen molar-refractivity contribution < 1.29 is 0 Å². The highest BCUT2D eigenvalue weighted by molar-refractivity contribution is 5.14. The molecular formula is C17H26N2. The summed E-state index contributed by atoms with van der Waals surface area (Å²) in [4.78, 5) is 2.75. The standard InChI is InChI=1S/C17H26N2/c1-17(16-9-10-16)14-18-11-13-19(17)12-5-8-15-6-3-2-4-7-15/h2-4,6-7,16,18H,5,8-14H2,1H3. The number of nitrogens with zero attached hydrogens (tertiary/aromatic N) is 1. The SMILES string of the molecule is CC1(C2CC2)CNCCN1CCCc1ccccc1. The van der Waals surface area contributed by atoms with Crippen LogP contribution in [0.4, 0.5) is 0 Å². The van der Waals surface area contributed by atoms with Crippen LogP contribution in [0.15, 0.2) is 30.3 Å². The van der Waals surface area contributed by atoms with E-state index in [-0.39, 0.29) is 0 Å². The van der Waals surface area contributed by atoms with Crippen molar-refractivity contribution in [3.8, 4) is 0 Å². The molecule has 2 nitrogen and oxygen atoms in total. The van der Waals surface area contributed by atoms with Crippen LogP contribution in [0.1, 0.15) is 31.7 Å². The summed E-state index contributed by atoms with van der Waals surface area (Å²) in [7, 11) is 0. The molecule has 0 spiro atoms. The molecule has 1 saturated carbocycles. The number of benzene rings is 1. The third kappa shape index (κ3) is 3.01. The van der Waals surface area contributed by atoms with E-state index in [4.69, 9.17) is 0 Å². The van der Waals surface area contributed by atoms with Gasteiger partial charge < -0.3 is 5.32 Å². The molecule has 0 amide bonds. The largest absolute Gasteiger partial charge is 0.314 e. The summed E-state index contributed by atoms with van der Waals surface area (Å²) < 4.78 is 0. The lowest BCUT2D eigenvalue weighted by Crippen LogP contribution is -2.61. The predicted octanol–water partition coefficient (Wildman–Crippen LogP) is 2.69. The predicted molar refractivity (Wildman–Crippen MR) is 80.3 cm³/mol. The first-order valence-corrected chi connectivity index (χ1v) is 7.79. The van der Waals surface area contributed by atoms with Crippen molar-refractivity contribution >= 4 is 0 Å². The van der Waals surface area contributed by atoms with Crippen LogP contribution in [0.2, 0.25) is 0 Å². The number of hydrogen-bond acceptors (Lipinski definition) is 2. The number of nitrogens with one attached hydrogen (secondary N) is 1. The molecule has 1 N–H and O–H groups in total. The Hall–Kier alpha value is -0.860. The van der Waals surface area contributed by atoms with E-state index in [0.717, 1.165) is 12.5 Å². The first-order valence-electron chi connectivity index (χ1n) is 7.79. The second-order valence-electron chi connectivity index (χ2n) is 6.38. The highest BCUT2D eigenvalue weighted by atomic mass is 15.3. The fraction of sp³-hybridized carbons (Fsp3) is 0.647. The average Bonchev–Trinajstić information content (AvgIpc) is 3.27. The molecule has 1 aromatic carbocycles. The molecule has 0 radical (unpaired) electrons. The fourth-order valence-electron chi connectivity index (χ4n) is 3.52. The van der Waals surface area contributed by atoms with Gasteiger partial charge >= 0.3 is 0 Å². The van der Waals surface area contributed by atoms with Gasteiger partial charge in [-0.3, -0.25) is 4.90 Å². The highest BCUT2D eigenvalue weighted by Crippen LogP contribution is 2.43. The van der Waals surface area contributed by atoms with Crippen molar-refractivity contribution in [3.63, 3.8) is 0 Å². The van der Waals surface area contributed by atoms with Gasteiger partial charge in [0.2, 0.25) is 0 Å². The van der Waals surface area contributed by atoms with Crippen LogP contribution in [-0.4, -0.2) is 36.6 Å². The Bertz CT molecular complexity index is 399. The van der Waals surface area contributed by atoms with Crippen LogP contribution in [-0.2, 0) is 6.42 Å². The first-order chi connectivity index (χ1) is 9.29. The number of piperazine rings is 1. The Morgan fingerprint density at radius 2 is 2.05 bits per heavy atom. The molecule has 3 rings (SSSR count). The van der Waals surface area contributed by atoms with Gasteiger partial charge in [0, 0.05) is 25.2 Å². The Morgan fingerprint density at radius 3 is 2.79 bits per heavy atom. The van der Waals surface area contributed by atoms with Crippen molar-refractivity contribution in [2.24, 2.45) is 5.92 Å². The van der Waals surface area contributed by atoms with E-state index in [1.807, 2.05) is 0 Å². The van der Waals surface area contributed by atoms with Crippen LogP contribution in [0.3, 0.4) is 0 Å². The summed E-state index contributed by atoms with van der Waals surface area (Å²) >= 11 is 0. The van der Waals surface area contributed by atoms with Gasteiger partial charge in [0.25, 0.3) is 0 Å². The monoisotopic (exact) mass is 258 g/mol. The van der Waals surface area contributed by atoms with Crippen LogP contribution in [0.25, 0.3) is 0 Å². The number of aryl methyl sites for hydroxylation is 1. The number of rotatable bonds is 5. The van der Waals surface area contributed by atoms with Gasteiger partial charge in [0.15, 0.2) is 0 Å². The van der Waals surface area contributed by atoms with Crippen LogP contribution >= 0.6 is 0 Å². The number of hydrogen-bond donors (Lipinski definition) is 1. The molecule has 1 aliphatic heterocycles. The van der Waals surface area contributed by atoms with Crippen LogP contribution < -0.4 is 5.32 Å². The van der Waals surface area contributed by atoms with Crippen molar-refractivity contribution in [3.05, 3.63) is 35.9 Å². The molecule has 1 heterocycles. The minimum absolute atomic E-state index is 0.426. The molecule has 1 aromatic rings. The topological polar surface area (TPSA) is 15.3 Å². The normalized spacial score (nSPS) is 28.5. The van der Waals surface area contributed by atoms with Gasteiger partial charge in [-0.25, -0.2) is 0 Å². The zero-order chi connectivity index (χ0) is 13.1. The molecule has 1 aliphatic carbocycles. The molecule has 0 bridgehead atoms. The first kappa shape index (κ1) is 13.1. The zero-order valence-corrected chi connectivity index (χ0v) is 12.1. The summed E-state index contributed by atoms with van der Waals surface area (Å²) in [6.45, 7) is 7.29. The molecule has 2 aliphatic rings.